The molecule has 7 nitrogen and oxygen atoms in total. The number of nitriles is 1. The van der Waals surface area contributed by atoms with E-state index in [4.69, 9.17) is 5.11 Å². The van der Waals surface area contributed by atoms with Gasteiger partial charge in [-0.25, -0.2) is 9.48 Å². The van der Waals surface area contributed by atoms with Crippen LogP contribution in [0.3, 0.4) is 0 Å². The minimum absolute atomic E-state index is 0.0423. The Balaban J connectivity index is 1.90. The zero-order valence-electron chi connectivity index (χ0n) is 15.0. The van der Waals surface area contributed by atoms with Crippen LogP contribution in [0.15, 0.2) is 41.7 Å². The minimum Gasteiger partial charge on any atom is -0.478 e. The Hall–Kier alpha value is -3.40. The van der Waals surface area contributed by atoms with Crippen molar-refractivity contribution in [3.05, 3.63) is 58.4 Å². The van der Waals surface area contributed by atoms with Gasteiger partial charge in [0, 0.05) is 17.7 Å². The van der Waals surface area contributed by atoms with E-state index in [1.165, 1.54) is 18.3 Å². The second kappa shape index (κ2) is 5.81. The summed E-state index contributed by atoms with van der Waals surface area (Å²) < 4.78 is 1.64. The van der Waals surface area contributed by atoms with Crippen molar-refractivity contribution in [1.29, 1.82) is 5.26 Å². The first-order valence-electron chi connectivity index (χ1n) is 8.65. The third kappa shape index (κ3) is 2.70. The number of nitrogens with zero attached hydrogens (tertiary/aromatic N) is 3. The topological polar surface area (TPSA) is 108 Å². The van der Waals surface area contributed by atoms with Gasteiger partial charge in [-0.15, -0.1) is 0 Å². The number of carboxylic acid groups (broad SMARTS) is 1. The third-order valence-electron chi connectivity index (χ3n) is 5.10. The predicted molar refractivity (Wildman–Crippen MR) is 97.2 cm³/mol. The number of rotatable bonds is 2. The van der Waals surface area contributed by atoms with E-state index in [2.05, 4.69) is 16.5 Å². The zero-order chi connectivity index (χ0) is 19.3. The highest BCUT2D eigenvalue weighted by Crippen LogP contribution is 2.46. The first-order valence-corrected chi connectivity index (χ1v) is 8.65. The number of Topliss-reactive ketones (excluding diaryl/α,β-unsaturated/α-hetero) is 1. The van der Waals surface area contributed by atoms with E-state index in [-0.39, 0.29) is 16.8 Å². The number of carbonyl (C=O) groups is 2. The Morgan fingerprint density at radius 2 is 2.04 bits per heavy atom. The summed E-state index contributed by atoms with van der Waals surface area (Å²) in [6, 6.07) is 8.09. The van der Waals surface area contributed by atoms with Crippen LogP contribution in [0.25, 0.3) is 0 Å². The highest BCUT2D eigenvalue weighted by molar-refractivity contribution is 6.00. The maximum Gasteiger partial charge on any atom is 0.335 e. The molecular formula is C20H18N4O3. The summed E-state index contributed by atoms with van der Waals surface area (Å²) in [6.45, 7) is 4.09. The molecule has 1 aliphatic heterocycles. The molecule has 0 spiro atoms. The molecule has 1 aromatic carbocycles. The van der Waals surface area contributed by atoms with Gasteiger partial charge >= 0.3 is 5.97 Å². The van der Waals surface area contributed by atoms with Gasteiger partial charge in [-0.3, -0.25) is 4.79 Å². The Morgan fingerprint density at radius 3 is 2.67 bits per heavy atom. The van der Waals surface area contributed by atoms with Crippen molar-refractivity contribution in [3.8, 4) is 6.07 Å². The molecule has 7 heteroatoms. The number of hydrogen-bond acceptors (Lipinski definition) is 5. The normalized spacial score (nSPS) is 20.3. The lowest BCUT2D eigenvalue weighted by atomic mass is 9.73. The number of aromatic nitrogens is 2. The average molecular weight is 362 g/mol. The fourth-order valence-electron chi connectivity index (χ4n) is 3.91. The molecule has 27 heavy (non-hydrogen) atoms. The van der Waals surface area contributed by atoms with Crippen molar-refractivity contribution in [1.82, 2.24) is 9.78 Å². The average Bonchev–Trinajstić information content (AvgIpc) is 3.01. The van der Waals surface area contributed by atoms with Gasteiger partial charge in [0.2, 0.25) is 0 Å². The van der Waals surface area contributed by atoms with Crippen molar-refractivity contribution in [3.63, 3.8) is 0 Å². The number of benzene rings is 1. The number of aromatic carboxylic acids is 1. The van der Waals surface area contributed by atoms with Crippen LogP contribution in [-0.4, -0.2) is 26.6 Å². The van der Waals surface area contributed by atoms with E-state index in [1.807, 2.05) is 13.8 Å². The molecule has 0 amide bonds. The molecule has 0 fully saturated rings. The van der Waals surface area contributed by atoms with E-state index in [9.17, 15) is 14.9 Å². The van der Waals surface area contributed by atoms with E-state index in [0.717, 1.165) is 11.3 Å². The summed E-state index contributed by atoms with van der Waals surface area (Å²) in [6.07, 6.45) is 2.60. The van der Waals surface area contributed by atoms with Gasteiger partial charge in [0.1, 0.15) is 23.5 Å². The molecular weight excluding hydrogens is 344 g/mol. The number of fused-ring (bicyclic) bond motifs is 1. The van der Waals surface area contributed by atoms with E-state index in [0.29, 0.717) is 29.8 Å². The van der Waals surface area contributed by atoms with Crippen LogP contribution < -0.4 is 5.32 Å². The van der Waals surface area contributed by atoms with Gasteiger partial charge in [-0.05, 0) is 29.5 Å². The Bertz CT molecular complexity index is 1040. The van der Waals surface area contributed by atoms with Gasteiger partial charge in [-0.2, -0.15) is 10.4 Å². The number of allylic oxidation sites excluding steroid dienone is 2. The van der Waals surface area contributed by atoms with Gasteiger partial charge < -0.3 is 10.4 Å². The first-order chi connectivity index (χ1) is 12.8. The SMILES string of the molecule is CC1(C)CC(=O)C2=C(C1)Nc1c(C#N)cnn1[C@@H]2c1ccc(C(=O)O)cc1. The van der Waals surface area contributed by atoms with Crippen molar-refractivity contribution in [2.24, 2.45) is 5.41 Å². The lowest BCUT2D eigenvalue weighted by Crippen LogP contribution is -2.36. The number of carboxylic acids is 1. The molecule has 1 aliphatic carbocycles. The maximum atomic E-state index is 13.0. The summed E-state index contributed by atoms with van der Waals surface area (Å²) in [5.41, 5.74) is 2.62. The minimum atomic E-state index is -1.01. The zero-order valence-corrected chi connectivity index (χ0v) is 15.0. The monoisotopic (exact) mass is 362 g/mol. The van der Waals surface area contributed by atoms with Gasteiger partial charge in [0.05, 0.1) is 11.8 Å². The fraction of sp³-hybridized carbons (Fsp3) is 0.300. The molecule has 2 heterocycles. The maximum absolute atomic E-state index is 13.0. The summed E-state index contributed by atoms with van der Waals surface area (Å²) in [5, 5.41) is 26.1. The van der Waals surface area contributed by atoms with Crippen LogP contribution in [-0.2, 0) is 4.79 Å². The largest absolute Gasteiger partial charge is 0.478 e. The van der Waals surface area contributed by atoms with Crippen LogP contribution in [0.4, 0.5) is 5.82 Å². The molecule has 136 valence electrons. The number of ketones is 1. The van der Waals surface area contributed by atoms with E-state index >= 15 is 0 Å². The summed E-state index contributed by atoms with van der Waals surface area (Å²) >= 11 is 0. The molecule has 2 aliphatic rings. The van der Waals surface area contributed by atoms with Crippen LogP contribution in [0.5, 0.6) is 0 Å². The molecule has 1 aromatic heterocycles. The van der Waals surface area contributed by atoms with Gasteiger partial charge in [-0.1, -0.05) is 26.0 Å². The van der Waals surface area contributed by atoms with Crippen molar-refractivity contribution in [2.45, 2.75) is 32.7 Å². The van der Waals surface area contributed by atoms with Crippen molar-refractivity contribution in [2.75, 3.05) is 5.32 Å². The number of hydrogen-bond donors (Lipinski definition) is 2. The van der Waals surface area contributed by atoms with E-state index < -0.39 is 12.0 Å². The fourth-order valence-corrected chi connectivity index (χ4v) is 3.91. The quantitative estimate of drug-likeness (QED) is 0.850. The second-order valence-corrected chi connectivity index (χ2v) is 7.75. The van der Waals surface area contributed by atoms with Crippen LogP contribution in [0.2, 0.25) is 0 Å². The highest BCUT2D eigenvalue weighted by Gasteiger charge is 2.41. The molecule has 0 saturated carbocycles. The van der Waals surface area contributed by atoms with Crippen LogP contribution in [0.1, 0.15) is 54.2 Å². The number of anilines is 1. The lowest BCUT2D eigenvalue weighted by molar-refractivity contribution is -0.118. The Morgan fingerprint density at radius 1 is 1.33 bits per heavy atom. The van der Waals surface area contributed by atoms with Crippen LogP contribution in [0, 0.1) is 16.7 Å². The molecule has 4 rings (SSSR count). The summed E-state index contributed by atoms with van der Waals surface area (Å²) in [5.74, 6) is -0.399. The highest BCUT2D eigenvalue weighted by atomic mass is 16.4. The standard InChI is InChI=1S/C20H18N4O3/c1-20(2)7-14-16(15(25)8-20)17(11-3-5-12(6-4-11)19(26)27)24-18(23-14)13(9-21)10-22-24/h3-6,10,17,23H,7-8H2,1-2H3,(H,26,27)/t17-/m1/s1. The van der Waals surface area contributed by atoms with Crippen LogP contribution >= 0.6 is 0 Å². The number of carbonyl (C=O) groups excluding carboxylic acids is 1. The number of nitrogens with one attached hydrogen (secondary N) is 1. The molecule has 0 saturated heterocycles. The second-order valence-electron chi connectivity index (χ2n) is 7.75. The Kier molecular flexibility index (Phi) is 3.67. The molecule has 0 bridgehead atoms. The summed E-state index contributed by atoms with van der Waals surface area (Å²) in [7, 11) is 0. The molecule has 0 radical (unpaired) electrons. The van der Waals surface area contributed by atoms with Gasteiger partial charge in [0.25, 0.3) is 0 Å². The third-order valence-corrected chi connectivity index (χ3v) is 5.10. The predicted octanol–water partition coefficient (Wildman–Crippen LogP) is 3.11. The smallest absolute Gasteiger partial charge is 0.335 e. The van der Waals surface area contributed by atoms with Crippen molar-refractivity contribution >= 4 is 17.6 Å². The van der Waals surface area contributed by atoms with E-state index in [1.54, 1.807) is 16.8 Å². The molecule has 1 atom stereocenters. The molecule has 2 aromatic rings. The molecule has 0 unspecified atom stereocenters. The first kappa shape index (κ1) is 17.0. The van der Waals surface area contributed by atoms with Crippen molar-refractivity contribution < 1.29 is 14.7 Å². The molecule has 2 N–H and O–H groups in total. The lowest BCUT2D eigenvalue weighted by Gasteiger charge is -2.38. The summed E-state index contributed by atoms with van der Waals surface area (Å²) in [4.78, 5) is 24.1. The van der Waals surface area contributed by atoms with Gasteiger partial charge in [0.15, 0.2) is 5.78 Å². The Labute approximate surface area is 155 Å².